The van der Waals surface area contributed by atoms with E-state index in [1.54, 1.807) is 6.07 Å². The minimum Gasteiger partial charge on any atom is -0.326 e. The van der Waals surface area contributed by atoms with Crippen LogP contribution in [0.2, 0.25) is 5.02 Å². The van der Waals surface area contributed by atoms with E-state index < -0.39 is 0 Å². The van der Waals surface area contributed by atoms with E-state index in [-0.39, 0.29) is 12.3 Å². The average molecular weight is 354 g/mol. The van der Waals surface area contributed by atoms with Crippen molar-refractivity contribution in [3.8, 4) is 5.69 Å². The molecule has 0 aliphatic carbocycles. The zero-order valence-corrected chi connectivity index (χ0v) is 15.3. The molecule has 0 saturated heterocycles. The van der Waals surface area contributed by atoms with Gasteiger partial charge >= 0.3 is 0 Å². The van der Waals surface area contributed by atoms with Crippen LogP contribution in [-0.2, 0) is 11.2 Å². The Morgan fingerprint density at radius 1 is 1.12 bits per heavy atom. The van der Waals surface area contributed by atoms with Crippen molar-refractivity contribution in [3.05, 3.63) is 76.1 Å². The van der Waals surface area contributed by atoms with E-state index in [1.165, 1.54) is 0 Å². The van der Waals surface area contributed by atoms with Crippen molar-refractivity contribution in [2.24, 2.45) is 0 Å². The summed E-state index contributed by atoms with van der Waals surface area (Å²) in [6, 6.07) is 15.4. The second kappa shape index (κ2) is 7.11. The van der Waals surface area contributed by atoms with Gasteiger partial charge in [-0.05, 0) is 50.6 Å². The summed E-state index contributed by atoms with van der Waals surface area (Å²) in [4.78, 5) is 12.5. The van der Waals surface area contributed by atoms with Gasteiger partial charge in [-0.2, -0.15) is 5.10 Å². The molecule has 0 saturated carbocycles. The molecule has 3 aromatic rings. The van der Waals surface area contributed by atoms with E-state index >= 15 is 0 Å². The molecule has 128 valence electrons. The molecule has 0 radical (unpaired) electrons. The Balaban J connectivity index is 1.82. The number of halogens is 1. The monoisotopic (exact) mass is 353 g/mol. The van der Waals surface area contributed by atoms with Gasteiger partial charge in [0, 0.05) is 22.0 Å². The summed E-state index contributed by atoms with van der Waals surface area (Å²) < 4.78 is 1.88. The van der Waals surface area contributed by atoms with Gasteiger partial charge in [-0.3, -0.25) is 4.79 Å². The molecule has 1 N–H and O–H groups in total. The first-order valence-corrected chi connectivity index (χ1v) is 8.50. The largest absolute Gasteiger partial charge is 0.326 e. The number of nitrogens with one attached hydrogen (secondary N) is 1. The van der Waals surface area contributed by atoms with Crippen LogP contribution in [0.1, 0.15) is 22.5 Å². The lowest BCUT2D eigenvalue weighted by Gasteiger charge is -2.09. The molecule has 1 amide bonds. The van der Waals surface area contributed by atoms with E-state index in [9.17, 15) is 4.79 Å². The highest BCUT2D eigenvalue weighted by atomic mass is 35.5. The third kappa shape index (κ3) is 3.74. The SMILES string of the molecule is Cc1ccc(Cl)cc1NC(=O)Cc1c(C)nn(-c2ccccc2)c1C. The molecule has 0 fully saturated rings. The summed E-state index contributed by atoms with van der Waals surface area (Å²) in [7, 11) is 0. The number of aryl methyl sites for hydroxylation is 2. The van der Waals surface area contributed by atoms with Gasteiger partial charge < -0.3 is 5.32 Å². The number of aromatic nitrogens is 2. The van der Waals surface area contributed by atoms with Crippen molar-refractivity contribution in [2.45, 2.75) is 27.2 Å². The van der Waals surface area contributed by atoms with E-state index in [0.29, 0.717) is 5.02 Å². The maximum absolute atomic E-state index is 12.5. The highest BCUT2D eigenvalue weighted by molar-refractivity contribution is 6.31. The zero-order chi connectivity index (χ0) is 18.0. The van der Waals surface area contributed by atoms with Gasteiger partial charge in [-0.25, -0.2) is 4.68 Å². The molecule has 1 aromatic heterocycles. The van der Waals surface area contributed by atoms with Crippen LogP contribution in [0, 0.1) is 20.8 Å². The van der Waals surface area contributed by atoms with Crippen LogP contribution in [0.3, 0.4) is 0 Å². The van der Waals surface area contributed by atoms with Crippen LogP contribution in [0.25, 0.3) is 5.69 Å². The summed E-state index contributed by atoms with van der Waals surface area (Å²) in [5, 5.41) is 8.13. The molecule has 25 heavy (non-hydrogen) atoms. The molecule has 5 heteroatoms. The third-order valence-corrected chi connectivity index (χ3v) is 4.49. The molecule has 1 heterocycles. The number of nitrogens with zero attached hydrogens (tertiary/aromatic N) is 2. The van der Waals surface area contributed by atoms with Crippen LogP contribution < -0.4 is 5.32 Å². The van der Waals surface area contributed by atoms with Gasteiger partial charge in [0.05, 0.1) is 17.8 Å². The molecule has 4 nitrogen and oxygen atoms in total. The number of hydrogen-bond donors (Lipinski definition) is 1. The molecule has 0 spiro atoms. The maximum atomic E-state index is 12.5. The predicted molar refractivity (Wildman–Crippen MR) is 102 cm³/mol. The van der Waals surface area contributed by atoms with Crippen LogP contribution >= 0.6 is 11.6 Å². The zero-order valence-electron chi connectivity index (χ0n) is 14.5. The summed E-state index contributed by atoms with van der Waals surface area (Å²) in [6.45, 7) is 5.86. The second-order valence-electron chi connectivity index (χ2n) is 6.08. The molecule has 2 aromatic carbocycles. The molecule has 0 aliphatic heterocycles. The Labute approximate surface area is 152 Å². The Hall–Kier alpha value is -2.59. The first-order valence-electron chi connectivity index (χ1n) is 8.12. The van der Waals surface area contributed by atoms with E-state index in [1.807, 2.05) is 67.9 Å². The topological polar surface area (TPSA) is 46.9 Å². The quantitative estimate of drug-likeness (QED) is 0.743. The van der Waals surface area contributed by atoms with Crippen LogP contribution in [0.5, 0.6) is 0 Å². The standard InChI is InChI=1S/C20H20ClN3O/c1-13-9-10-16(21)11-19(13)22-20(25)12-18-14(2)23-24(15(18)3)17-7-5-4-6-8-17/h4-11H,12H2,1-3H3,(H,22,25). The number of benzene rings is 2. The lowest BCUT2D eigenvalue weighted by Crippen LogP contribution is -2.16. The summed E-state index contributed by atoms with van der Waals surface area (Å²) in [5.41, 5.74) is 5.48. The van der Waals surface area contributed by atoms with Gasteiger partial charge in [0.25, 0.3) is 0 Å². The van der Waals surface area contributed by atoms with Crippen LogP contribution in [0.15, 0.2) is 48.5 Å². The number of amides is 1. The Kier molecular flexibility index (Phi) is 4.91. The molecular weight excluding hydrogens is 334 g/mol. The van der Waals surface area contributed by atoms with Crippen molar-refractivity contribution in [1.82, 2.24) is 9.78 Å². The minimum absolute atomic E-state index is 0.0795. The van der Waals surface area contributed by atoms with E-state index in [0.717, 1.165) is 33.9 Å². The molecule has 0 unspecified atom stereocenters. The van der Waals surface area contributed by atoms with Crippen molar-refractivity contribution < 1.29 is 4.79 Å². The fraction of sp³-hybridized carbons (Fsp3) is 0.200. The van der Waals surface area contributed by atoms with E-state index in [4.69, 9.17) is 11.6 Å². The van der Waals surface area contributed by atoms with Gasteiger partial charge in [-0.15, -0.1) is 0 Å². The lowest BCUT2D eigenvalue weighted by molar-refractivity contribution is -0.115. The first kappa shape index (κ1) is 17.2. The lowest BCUT2D eigenvalue weighted by atomic mass is 10.1. The number of hydrogen-bond acceptors (Lipinski definition) is 2. The molecule has 0 atom stereocenters. The summed E-state index contributed by atoms with van der Waals surface area (Å²) in [5.74, 6) is -0.0795. The molecule has 0 bridgehead atoms. The molecule has 0 aliphatic rings. The predicted octanol–water partition coefficient (Wildman–Crippen LogP) is 4.63. The first-order chi connectivity index (χ1) is 12.0. The second-order valence-corrected chi connectivity index (χ2v) is 6.52. The average Bonchev–Trinajstić information content (AvgIpc) is 2.87. The maximum Gasteiger partial charge on any atom is 0.228 e. The number of para-hydroxylation sites is 1. The van der Waals surface area contributed by atoms with Crippen LogP contribution in [0.4, 0.5) is 5.69 Å². The Bertz CT molecular complexity index is 916. The van der Waals surface area contributed by atoms with Gasteiger partial charge in [0.15, 0.2) is 0 Å². The summed E-state index contributed by atoms with van der Waals surface area (Å²) in [6.07, 6.45) is 0.274. The smallest absolute Gasteiger partial charge is 0.228 e. The number of anilines is 1. The van der Waals surface area contributed by atoms with E-state index in [2.05, 4.69) is 10.4 Å². The summed E-state index contributed by atoms with van der Waals surface area (Å²) >= 11 is 6.02. The molecule has 3 rings (SSSR count). The van der Waals surface area contributed by atoms with Crippen LogP contribution in [-0.4, -0.2) is 15.7 Å². The Morgan fingerprint density at radius 3 is 2.56 bits per heavy atom. The fourth-order valence-electron chi connectivity index (χ4n) is 2.84. The number of carbonyl (C=O) groups is 1. The number of carbonyl (C=O) groups excluding carboxylic acids is 1. The molecular formula is C20H20ClN3O. The van der Waals surface area contributed by atoms with Gasteiger partial charge in [0.1, 0.15) is 0 Å². The van der Waals surface area contributed by atoms with Crippen molar-refractivity contribution >= 4 is 23.2 Å². The highest BCUT2D eigenvalue weighted by Gasteiger charge is 2.16. The van der Waals surface area contributed by atoms with Crippen molar-refractivity contribution in [3.63, 3.8) is 0 Å². The third-order valence-electron chi connectivity index (χ3n) is 4.25. The van der Waals surface area contributed by atoms with Gasteiger partial charge in [0.2, 0.25) is 5.91 Å². The Morgan fingerprint density at radius 2 is 1.84 bits per heavy atom. The highest BCUT2D eigenvalue weighted by Crippen LogP contribution is 2.22. The fourth-order valence-corrected chi connectivity index (χ4v) is 3.01. The number of rotatable bonds is 4. The van der Waals surface area contributed by atoms with Gasteiger partial charge in [-0.1, -0.05) is 35.9 Å². The normalized spacial score (nSPS) is 10.7. The van der Waals surface area contributed by atoms with Crippen molar-refractivity contribution in [2.75, 3.05) is 5.32 Å². The van der Waals surface area contributed by atoms with Crippen molar-refractivity contribution in [1.29, 1.82) is 0 Å². The minimum atomic E-state index is -0.0795.